The van der Waals surface area contributed by atoms with E-state index < -0.39 is 52.4 Å². The molecule has 2 N–H and O–H groups in total. The van der Waals surface area contributed by atoms with Crippen LogP contribution in [0.4, 0.5) is 8.78 Å². The quantitative estimate of drug-likeness (QED) is 0.468. The lowest BCUT2D eigenvalue weighted by molar-refractivity contribution is -0.484. The topological polar surface area (TPSA) is 118 Å². The van der Waals surface area contributed by atoms with Gasteiger partial charge in [0.05, 0.1) is 5.92 Å². The Kier molecular flexibility index (Phi) is 5.14. The molecule has 0 bridgehead atoms. The second kappa shape index (κ2) is 6.44. The lowest BCUT2D eigenvalue weighted by Crippen LogP contribution is -2.34. The summed E-state index contributed by atoms with van der Waals surface area (Å²) in [6, 6.07) is 1.24. The highest BCUT2D eigenvalue weighted by molar-refractivity contribution is 6.30. The third-order valence-electron chi connectivity index (χ3n) is 2.69. The summed E-state index contributed by atoms with van der Waals surface area (Å²) in [6.07, 6.45) is 0. The minimum atomic E-state index is -2.37. The third kappa shape index (κ3) is 3.85. The molecule has 0 aliphatic rings. The molecule has 0 aliphatic heterocycles. The van der Waals surface area contributed by atoms with Crippen LogP contribution in [-0.4, -0.2) is 33.6 Å². The fraction of sp³-hybridized carbons (Fsp3) is 0.273. The standard InChI is InChI=1S/C11H8ClF2NO6/c12-4-1-6(13)8(7(14)2-4)5(3-15(20)21)9(10(16)17)11(18)19/h1-2,5,9H,3H2,(H,16,17)(H,18,19)/t5-/m0/s1. The summed E-state index contributed by atoms with van der Waals surface area (Å²) in [6.45, 7) is -1.27. The molecule has 21 heavy (non-hydrogen) atoms. The average Bonchev–Trinajstić information content (AvgIpc) is 2.24. The van der Waals surface area contributed by atoms with Gasteiger partial charge in [-0.3, -0.25) is 19.7 Å². The highest BCUT2D eigenvalue weighted by Crippen LogP contribution is 2.32. The fourth-order valence-electron chi connectivity index (χ4n) is 1.88. The molecular formula is C11H8ClF2NO6. The third-order valence-corrected chi connectivity index (χ3v) is 2.91. The zero-order chi connectivity index (χ0) is 16.3. The number of carbonyl (C=O) groups is 2. The van der Waals surface area contributed by atoms with Gasteiger partial charge in [0.25, 0.3) is 0 Å². The number of nitrogens with zero attached hydrogens (tertiary/aromatic N) is 1. The van der Waals surface area contributed by atoms with Gasteiger partial charge in [-0.2, -0.15) is 0 Å². The first-order valence-electron chi connectivity index (χ1n) is 5.37. The minimum Gasteiger partial charge on any atom is -0.481 e. The molecule has 0 heterocycles. The zero-order valence-corrected chi connectivity index (χ0v) is 10.9. The largest absolute Gasteiger partial charge is 0.481 e. The van der Waals surface area contributed by atoms with Crippen LogP contribution in [-0.2, 0) is 9.59 Å². The Hall–Kier alpha value is -2.29. The van der Waals surface area contributed by atoms with Crippen molar-refractivity contribution in [2.24, 2.45) is 5.92 Å². The van der Waals surface area contributed by atoms with Crippen LogP contribution in [0, 0.1) is 27.7 Å². The molecule has 0 unspecified atom stereocenters. The zero-order valence-electron chi connectivity index (χ0n) is 10.1. The van der Waals surface area contributed by atoms with Crippen LogP contribution in [0.2, 0.25) is 5.02 Å². The molecule has 0 aromatic heterocycles. The maximum Gasteiger partial charge on any atom is 0.318 e. The number of hydrogen-bond donors (Lipinski definition) is 2. The van der Waals surface area contributed by atoms with E-state index in [-0.39, 0.29) is 5.02 Å². The van der Waals surface area contributed by atoms with E-state index in [0.717, 1.165) is 0 Å². The molecule has 7 nitrogen and oxygen atoms in total. The normalized spacial score (nSPS) is 12.2. The number of halogens is 3. The van der Waals surface area contributed by atoms with Crippen LogP contribution >= 0.6 is 11.6 Å². The highest BCUT2D eigenvalue weighted by Gasteiger charge is 2.42. The smallest absolute Gasteiger partial charge is 0.318 e. The number of hydrogen-bond acceptors (Lipinski definition) is 4. The van der Waals surface area contributed by atoms with Gasteiger partial charge in [-0.25, -0.2) is 8.78 Å². The molecule has 0 saturated heterocycles. The molecule has 0 radical (unpaired) electrons. The van der Waals surface area contributed by atoms with Crippen LogP contribution in [0.1, 0.15) is 11.5 Å². The van der Waals surface area contributed by atoms with Gasteiger partial charge in [0.1, 0.15) is 11.6 Å². The molecule has 1 aromatic rings. The highest BCUT2D eigenvalue weighted by atomic mass is 35.5. The number of carboxylic acid groups (broad SMARTS) is 2. The SMILES string of the molecule is O=C(O)C(C(=O)O)[C@@H](C[N+](=O)[O-])c1c(F)cc(Cl)cc1F. The van der Waals surface area contributed by atoms with E-state index >= 15 is 0 Å². The van der Waals surface area contributed by atoms with Gasteiger partial charge in [-0.05, 0) is 12.1 Å². The van der Waals surface area contributed by atoms with E-state index in [9.17, 15) is 28.5 Å². The maximum absolute atomic E-state index is 13.8. The minimum absolute atomic E-state index is 0.351. The van der Waals surface area contributed by atoms with Gasteiger partial charge in [0, 0.05) is 15.5 Å². The number of nitro groups is 1. The first kappa shape index (κ1) is 16.8. The van der Waals surface area contributed by atoms with Crippen molar-refractivity contribution < 1.29 is 33.5 Å². The van der Waals surface area contributed by atoms with Crippen molar-refractivity contribution in [3.05, 3.63) is 44.5 Å². The maximum atomic E-state index is 13.8. The van der Waals surface area contributed by atoms with Gasteiger partial charge >= 0.3 is 11.9 Å². The van der Waals surface area contributed by atoms with Crippen molar-refractivity contribution in [3.8, 4) is 0 Å². The van der Waals surface area contributed by atoms with E-state index in [2.05, 4.69) is 0 Å². The Morgan fingerprint density at radius 3 is 2.00 bits per heavy atom. The van der Waals surface area contributed by atoms with Crippen LogP contribution in [0.3, 0.4) is 0 Å². The summed E-state index contributed by atoms with van der Waals surface area (Å²) in [5.41, 5.74) is -0.995. The lowest BCUT2D eigenvalue weighted by atomic mass is 9.85. The Bertz CT molecular complexity index is 571. The molecule has 0 amide bonds. The van der Waals surface area contributed by atoms with Gasteiger partial charge in [-0.1, -0.05) is 11.6 Å². The number of rotatable bonds is 6. The molecule has 1 rings (SSSR count). The Labute approximate surface area is 120 Å². The van der Waals surface area contributed by atoms with Gasteiger partial charge in [0.15, 0.2) is 5.92 Å². The average molecular weight is 324 g/mol. The molecule has 114 valence electrons. The predicted octanol–water partition coefficient (Wildman–Crippen LogP) is 1.76. The van der Waals surface area contributed by atoms with Crippen molar-refractivity contribution in [2.45, 2.75) is 5.92 Å². The molecule has 0 saturated carbocycles. The van der Waals surface area contributed by atoms with E-state index in [1.807, 2.05) is 0 Å². The summed E-state index contributed by atoms with van der Waals surface area (Å²) in [4.78, 5) is 31.4. The summed E-state index contributed by atoms with van der Waals surface area (Å²) < 4.78 is 27.5. The van der Waals surface area contributed by atoms with E-state index in [0.29, 0.717) is 12.1 Å². The van der Waals surface area contributed by atoms with E-state index in [1.165, 1.54) is 0 Å². The monoisotopic (exact) mass is 323 g/mol. The fourth-order valence-corrected chi connectivity index (χ4v) is 2.07. The predicted molar refractivity (Wildman–Crippen MR) is 64.7 cm³/mol. The molecule has 0 aliphatic carbocycles. The molecule has 0 fully saturated rings. The first-order chi connectivity index (χ1) is 9.65. The molecule has 1 atom stereocenters. The van der Waals surface area contributed by atoms with E-state index in [1.54, 1.807) is 0 Å². The Morgan fingerprint density at radius 2 is 1.67 bits per heavy atom. The van der Waals surface area contributed by atoms with Crippen molar-refractivity contribution in [2.75, 3.05) is 6.54 Å². The van der Waals surface area contributed by atoms with Crippen molar-refractivity contribution >= 4 is 23.5 Å². The summed E-state index contributed by atoms with van der Waals surface area (Å²) in [5, 5.41) is 27.9. The van der Waals surface area contributed by atoms with Gasteiger partial charge in [0.2, 0.25) is 6.54 Å². The molecule has 0 spiro atoms. The van der Waals surface area contributed by atoms with Crippen molar-refractivity contribution in [3.63, 3.8) is 0 Å². The molecular weight excluding hydrogens is 316 g/mol. The van der Waals surface area contributed by atoms with Crippen LogP contribution in [0.25, 0.3) is 0 Å². The summed E-state index contributed by atoms with van der Waals surface area (Å²) in [5.74, 6) is -11.0. The van der Waals surface area contributed by atoms with Crippen molar-refractivity contribution in [1.82, 2.24) is 0 Å². The number of benzene rings is 1. The molecule has 1 aromatic carbocycles. The van der Waals surface area contributed by atoms with Crippen LogP contribution in [0.15, 0.2) is 12.1 Å². The molecule has 10 heteroatoms. The Morgan fingerprint density at radius 1 is 1.24 bits per heavy atom. The number of carboxylic acids is 2. The number of aliphatic carboxylic acids is 2. The van der Waals surface area contributed by atoms with Gasteiger partial charge in [-0.15, -0.1) is 0 Å². The second-order valence-corrected chi connectivity index (χ2v) is 4.50. The second-order valence-electron chi connectivity index (χ2n) is 4.06. The van der Waals surface area contributed by atoms with Crippen molar-refractivity contribution in [1.29, 1.82) is 0 Å². The Balaban J connectivity index is 3.48. The van der Waals surface area contributed by atoms with Crippen LogP contribution < -0.4 is 0 Å². The summed E-state index contributed by atoms with van der Waals surface area (Å²) >= 11 is 5.39. The first-order valence-corrected chi connectivity index (χ1v) is 5.74. The lowest BCUT2D eigenvalue weighted by Gasteiger charge is -2.19. The summed E-state index contributed by atoms with van der Waals surface area (Å²) in [7, 11) is 0. The van der Waals surface area contributed by atoms with E-state index in [4.69, 9.17) is 21.8 Å². The van der Waals surface area contributed by atoms with Crippen LogP contribution in [0.5, 0.6) is 0 Å². The van der Waals surface area contributed by atoms with Gasteiger partial charge < -0.3 is 10.2 Å².